The maximum Gasteiger partial charge on any atom is 0.218 e. The van der Waals surface area contributed by atoms with Gasteiger partial charge in [-0.3, -0.25) is 4.79 Å². The van der Waals surface area contributed by atoms with E-state index in [0.29, 0.717) is 0 Å². The number of amides is 1. The molecule has 56 valence electrons. The number of nitrogens with one attached hydrogen (secondary N) is 1. The van der Waals surface area contributed by atoms with Crippen LogP contribution in [0.25, 0.3) is 0 Å². The minimum atomic E-state index is -0.0624. The fourth-order valence-electron chi connectivity index (χ4n) is 0.538. The molecule has 0 saturated heterocycles. The fraction of sp³-hybridized carbons (Fsp3) is 0.500. The van der Waals surface area contributed by atoms with Gasteiger partial charge in [-0.15, -0.1) is 0 Å². The van der Waals surface area contributed by atoms with Gasteiger partial charge < -0.3 is 5.32 Å². The molecule has 0 spiro atoms. The topological polar surface area (TPSA) is 44.7 Å². The maximum atomic E-state index is 10.5. The summed E-state index contributed by atoms with van der Waals surface area (Å²) in [4.78, 5) is 10.5. The third-order valence-electron chi connectivity index (χ3n) is 0.854. The highest BCUT2D eigenvalue weighted by Crippen LogP contribution is 2.21. The van der Waals surface area contributed by atoms with Crippen LogP contribution >= 0.6 is 24.8 Å². The van der Waals surface area contributed by atoms with Gasteiger partial charge >= 0.3 is 0 Å². The molecule has 1 atom stereocenters. The zero-order chi connectivity index (χ0) is 7.56. The van der Waals surface area contributed by atoms with Gasteiger partial charge in [0.1, 0.15) is 5.37 Å². The number of carbonyl (C=O) groups is 1. The van der Waals surface area contributed by atoms with Crippen molar-refractivity contribution in [2.75, 3.05) is 0 Å². The average Bonchev–Trinajstić information content (AvgIpc) is 2.13. The third-order valence-corrected chi connectivity index (χ3v) is 1.99. The molecule has 0 aliphatic carbocycles. The zero-order valence-corrected chi connectivity index (χ0v) is 7.02. The number of carbonyl (C=O) groups excluding carboxylic acids is 1. The lowest BCUT2D eigenvalue weighted by Gasteiger charge is -2.07. The molecule has 1 heterocycles. The second-order valence-corrected chi connectivity index (χ2v) is 3.46. The molecule has 0 fully saturated rings. The lowest BCUT2D eigenvalue weighted by atomic mass is 10.6. The highest BCUT2D eigenvalue weighted by molar-refractivity contribution is 8.06. The summed E-state index contributed by atoms with van der Waals surface area (Å²) >= 11 is 5.26. The summed E-state index contributed by atoms with van der Waals surface area (Å²) in [5.74, 6) is -0.0624. The molecule has 1 aliphatic heterocycles. The van der Waals surface area contributed by atoms with Crippen LogP contribution in [0.2, 0.25) is 0 Å². The highest BCUT2D eigenvalue weighted by Gasteiger charge is 2.16. The van der Waals surface area contributed by atoms with E-state index in [0.717, 1.165) is 0 Å². The van der Waals surface area contributed by atoms with Crippen LogP contribution in [0, 0.1) is 0 Å². The Morgan fingerprint density at radius 2 is 2.70 bits per heavy atom. The van der Waals surface area contributed by atoms with Gasteiger partial charge in [0.25, 0.3) is 0 Å². The molecular weight excluding hydrogens is 170 g/mol. The third kappa shape index (κ3) is 2.11. The molecule has 6 heteroatoms. The first-order valence-electron chi connectivity index (χ1n) is 2.65. The lowest BCUT2D eigenvalue weighted by molar-refractivity contribution is -0.118. The second-order valence-electron chi connectivity index (χ2n) is 1.74. The van der Waals surface area contributed by atoms with Crippen LogP contribution in [0.15, 0.2) is 5.10 Å². The van der Waals surface area contributed by atoms with Crippen molar-refractivity contribution >= 4 is 36.9 Å². The van der Waals surface area contributed by atoms with Crippen LogP contribution in [0.4, 0.5) is 0 Å². The number of nitrogens with zero attached hydrogens (tertiary/aromatic N) is 2. The number of rotatable bonds is 1. The Labute approximate surface area is 68.7 Å². The molecule has 0 saturated carbocycles. The summed E-state index contributed by atoms with van der Waals surface area (Å²) in [6, 6.07) is 0. The van der Waals surface area contributed by atoms with Crippen molar-refractivity contribution in [1.29, 1.82) is 0 Å². The molecule has 4 nitrogen and oxygen atoms in total. The molecule has 1 aliphatic rings. The first-order valence-corrected chi connectivity index (χ1v) is 3.89. The summed E-state index contributed by atoms with van der Waals surface area (Å²) in [5, 5.41) is 6.39. The monoisotopic (exact) mass is 177 g/mol. The molecule has 1 amide bonds. The predicted octanol–water partition coefficient (Wildman–Crippen LogP) is 0.243. The number of hydrazone groups is 1. The predicted molar refractivity (Wildman–Crippen MR) is 44.5 cm³/mol. The van der Waals surface area contributed by atoms with Crippen molar-refractivity contribution in [3.63, 3.8) is 0 Å². The van der Waals surface area contributed by atoms with Crippen LogP contribution < -0.4 is 5.32 Å². The smallest absolute Gasteiger partial charge is 0.218 e. The molecule has 1 unspecified atom stereocenters. The van der Waals surface area contributed by atoms with Crippen molar-refractivity contribution in [3.8, 4) is 0 Å². The van der Waals surface area contributed by atoms with Crippen molar-refractivity contribution < 1.29 is 4.79 Å². The van der Waals surface area contributed by atoms with E-state index in [2.05, 4.69) is 23.2 Å². The lowest BCUT2D eigenvalue weighted by Crippen LogP contribution is -2.30. The molecule has 10 heavy (non-hydrogen) atoms. The summed E-state index contributed by atoms with van der Waals surface area (Å²) in [7, 11) is 0. The number of thiol groups is 1. The average molecular weight is 177 g/mol. The Hall–Kier alpha value is -0.360. The SMILES string of the molecule is CC(=O)NC1C=NN(S)S1. The van der Waals surface area contributed by atoms with E-state index in [1.807, 2.05) is 0 Å². The van der Waals surface area contributed by atoms with Gasteiger partial charge in [-0.2, -0.15) is 8.92 Å². The van der Waals surface area contributed by atoms with Crippen LogP contribution in [-0.2, 0) is 4.79 Å². The van der Waals surface area contributed by atoms with E-state index < -0.39 is 0 Å². The van der Waals surface area contributed by atoms with Gasteiger partial charge in [0.2, 0.25) is 5.91 Å². The van der Waals surface area contributed by atoms with Crippen molar-refractivity contribution in [2.45, 2.75) is 12.3 Å². The van der Waals surface area contributed by atoms with Gasteiger partial charge in [-0.05, 0) is 12.8 Å². The number of hydrogen-bond acceptors (Lipinski definition) is 5. The van der Waals surface area contributed by atoms with E-state index in [9.17, 15) is 4.79 Å². The molecule has 0 aromatic carbocycles. The molecule has 0 radical (unpaired) electrons. The van der Waals surface area contributed by atoms with Crippen LogP contribution in [0.1, 0.15) is 6.92 Å². The summed E-state index contributed by atoms with van der Waals surface area (Å²) < 4.78 is 1.40. The van der Waals surface area contributed by atoms with Gasteiger partial charge in [0.15, 0.2) is 0 Å². The first kappa shape index (κ1) is 7.74. The Morgan fingerprint density at radius 3 is 3.10 bits per heavy atom. The van der Waals surface area contributed by atoms with Crippen molar-refractivity contribution in [2.24, 2.45) is 5.10 Å². The summed E-state index contributed by atoms with van der Waals surface area (Å²) in [5.41, 5.74) is 0. The molecule has 0 aromatic heterocycles. The fourth-order valence-corrected chi connectivity index (χ4v) is 1.54. The van der Waals surface area contributed by atoms with Crippen LogP contribution in [0.5, 0.6) is 0 Å². The van der Waals surface area contributed by atoms with Gasteiger partial charge in [0.05, 0.1) is 6.21 Å². The van der Waals surface area contributed by atoms with Gasteiger partial charge in [-0.25, -0.2) is 0 Å². The van der Waals surface area contributed by atoms with Gasteiger partial charge in [0, 0.05) is 18.9 Å². The molecule has 1 N–H and O–H groups in total. The normalized spacial score (nSPS) is 23.4. The molecule has 1 rings (SSSR count). The first-order chi connectivity index (χ1) is 4.68. The van der Waals surface area contributed by atoms with Crippen LogP contribution in [0.3, 0.4) is 0 Å². The zero-order valence-electron chi connectivity index (χ0n) is 5.31. The second kappa shape index (κ2) is 3.16. The Kier molecular flexibility index (Phi) is 2.44. The minimum Gasteiger partial charge on any atom is -0.338 e. The van der Waals surface area contributed by atoms with E-state index in [1.165, 1.54) is 22.7 Å². The summed E-state index contributed by atoms with van der Waals surface area (Å²) in [6.07, 6.45) is 1.62. The quantitative estimate of drug-likeness (QED) is 0.445. The van der Waals surface area contributed by atoms with Gasteiger partial charge in [-0.1, -0.05) is 0 Å². The van der Waals surface area contributed by atoms with E-state index >= 15 is 0 Å². The molecular formula is C4H7N3OS2. The van der Waals surface area contributed by atoms with E-state index in [-0.39, 0.29) is 11.3 Å². The van der Waals surface area contributed by atoms with Crippen molar-refractivity contribution in [1.82, 2.24) is 9.14 Å². The minimum absolute atomic E-state index is 0.0602. The summed E-state index contributed by atoms with van der Waals surface area (Å²) in [6.45, 7) is 1.47. The maximum absolute atomic E-state index is 10.5. The number of hydrogen-bond donors (Lipinski definition) is 2. The Bertz CT molecular complexity index is 172. The van der Waals surface area contributed by atoms with E-state index in [4.69, 9.17) is 0 Å². The Morgan fingerprint density at radius 1 is 2.00 bits per heavy atom. The van der Waals surface area contributed by atoms with Crippen LogP contribution in [-0.4, -0.2) is 21.3 Å². The van der Waals surface area contributed by atoms with E-state index in [1.54, 1.807) is 6.21 Å². The largest absolute Gasteiger partial charge is 0.338 e. The van der Waals surface area contributed by atoms with Crippen molar-refractivity contribution in [3.05, 3.63) is 0 Å². The molecule has 0 bridgehead atoms. The highest BCUT2D eigenvalue weighted by atomic mass is 32.2. The molecule has 0 aromatic rings. The standard InChI is InChI=1S/C4H7N3OS2/c1-3(8)6-4-2-5-7(9)10-4/h2,4,9H,1H3,(H,6,8). The Balaban J connectivity index is 2.33.